The van der Waals surface area contributed by atoms with Crippen LogP contribution in [0, 0.1) is 13.8 Å². The third kappa shape index (κ3) is 4.36. The van der Waals surface area contributed by atoms with Crippen LogP contribution in [-0.2, 0) is 4.79 Å². The molecule has 7 nitrogen and oxygen atoms in total. The number of carbonyl (C=O) groups is 2. The van der Waals surface area contributed by atoms with Crippen molar-refractivity contribution in [2.75, 3.05) is 11.1 Å². The summed E-state index contributed by atoms with van der Waals surface area (Å²) in [5, 5.41) is 11.9. The van der Waals surface area contributed by atoms with Crippen LogP contribution in [0.1, 0.15) is 28.0 Å². The molecule has 0 fully saturated rings. The van der Waals surface area contributed by atoms with Gasteiger partial charge in [0.1, 0.15) is 4.88 Å². The van der Waals surface area contributed by atoms with Crippen LogP contribution >= 0.6 is 23.1 Å². The van der Waals surface area contributed by atoms with E-state index in [1.54, 1.807) is 24.3 Å². The number of thiazole rings is 1. The van der Waals surface area contributed by atoms with Gasteiger partial charge in [-0.3, -0.25) is 9.59 Å². The van der Waals surface area contributed by atoms with Crippen molar-refractivity contribution in [3.05, 3.63) is 40.5 Å². The monoisotopic (exact) mass is 388 g/mol. The number of hydrogen-bond acceptors (Lipinski definition) is 8. The lowest BCUT2D eigenvalue weighted by Gasteiger charge is -2.03. The topological polar surface area (TPSA) is 98.0 Å². The standard InChI is InChI=1S/C17H16N4O3S2/c1-9-15(26-11(3)18-9)16-20-21-17(24-16)25-8-14(23)12-4-6-13(7-5-12)19-10(2)22/h4-7H,8H2,1-3H3,(H,19,22). The maximum atomic E-state index is 12.3. The summed E-state index contributed by atoms with van der Waals surface area (Å²) in [6.45, 7) is 5.25. The van der Waals surface area contributed by atoms with Crippen molar-refractivity contribution < 1.29 is 14.0 Å². The van der Waals surface area contributed by atoms with Crippen LogP contribution < -0.4 is 5.32 Å². The molecule has 0 radical (unpaired) electrons. The highest BCUT2D eigenvalue weighted by molar-refractivity contribution is 7.99. The molecule has 0 aliphatic carbocycles. The molecule has 2 heterocycles. The lowest BCUT2D eigenvalue weighted by atomic mass is 10.1. The Morgan fingerprint density at radius 2 is 1.92 bits per heavy atom. The molecule has 3 rings (SSSR count). The highest BCUT2D eigenvalue weighted by atomic mass is 32.2. The van der Waals surface area contributed by atoms with Crippen molar-refractivity contribution in [3.63, 3.8) is 0 Å². The number of rotatable bonds is 6. The molecule has 2 aromatic heterocycles. The number of aryl methyl sites for hydroxylation is 2. The van der Waals surface area contributed by atoms with E-state index < -0.39 is 0 Å². The normalized spacial score (nSPS) is 10.7. The van der Waals surface area contributed by atoms with Gasteiger partial charge >= 0.3 is 0 Å². The molecule has 0 aliphatic heterocycles. The molecule has 0 unspecified atom stereocenters. The van der Waals surface area contributed by atoms with E-state index in [1.807, 2.05) is 13.8 Å². The summed E-state index contributed by atoms with van der Waals surface area (Å²) in [4.78, 5) is 28.5. The maximum absolute atomic E-state index is 12.3. The Kier molecular flexibility index (Phi) is 5.48. The molecule has 0 atom stereocenters. The summed E-state index contributed by atoms with van der Waals surface area (Å²) in [6, 6.07) is 6.74. The van der Waals surface area contributed by atoms with Gasteiger partial charge in [0.2, 0.25) is 5.91 Å². The van der Waals surface area contributed by atoms with Gasteiger partial charge in [0, 0.05) is 18.2 Å². The van der Waals surface area contributed by atoms with E-state index in [0.717, 1.165) is 15.6 Å². The average Bonchev–Trinajstić information content (AvgIpc) is 3.18. The number of amides is 1. The predicted molar refractivity (Wildman–Crippen MR) is 101 cm³/mol. The van der Waals surface area contributed by atoms with E-state index in [9.17, 15) is 9.59 Å². The summed E-state index contributed by atoms with van der Waals surface area (Å²) in [5.41, 5.74) is 2.06. The van der Waals surface area contributed by atoms with Crippen molar-refractivity contribution in [2.45, 2.75) is 26.0 Å². The van der Waals surface area contributed by atoms with Crippen LogP contribution in [0.2, 0.25) is 0 Å². The maximum Gasteiger partial charge on any atom is 0.277 e. The lowest BCUT2D eigenvalue weighted by Crippen LogP contribution is -2.07. The first-order valence-electron chi connectivity index (χ1n) is 7.74. The predicted octanol–water partition coefficient (Wildman–Crippen LogP) is 3.74. The number of nitrogens with one attached hydrogen (secondary N) is 1. The zero-order chi connectivity index (χ0) is 18.7. The quantitative estimate of drug-likeness (QED) is 0.507. The number of aromatic nitrogens is 3. The van der Waals surface area contributed by atoms with Gasteiger partial charge < -0.3 is 9.73 Å². The second-order valence-corrected chi connectivity index (χ2v) is 7.62. The fourth-order valence-corrected chi connectivity index (χ4v) is 3.74. The minimum Gasteiger partial charge on any atom is -0.410 e. The Bertz CT molecular complexity index is 947. The van der Waals surface area contributed by atoms with E-state index >= 15 is 0 Å². The first-order chi connectivity index (χ1) is 12.4. The molecule has 0 spiro atoms. The van der Waals surface area contributed by atoms with E-state index in [-0.39, 0.29) is 17.4 Å². The second-order valence-electron chi connectivity index (χ2n) is 5.49. The third-order valence-corrected chi connectivity index (χ3v) is 5.24. The summed E-state index contributed by atoms with van der Waals surface area (Å²) >= 11 is 2.69. The molecule has 1 N–H and O–H groups in total. The van der Waals surface area contributed by atoms with Crippen LogP contribution in [0.15, 0.2) is 33.9 Å². The van der Waals surface area contributed by atoms with Crippen molar-refractivity contribution in [1.29, 1.82) is 0 Å². The zero-order valence-corrected chi connectivity index (χ0v) is 16.0. The van der Waals surface area contributed by atoms with E-state index in [2.05, 4.69) is 20.5 Å². The Morgan fingerprint density at radius 1 is 1.19 bits per heavy atom. The molecule has 3 aromatic rings. The first kappa shape index (κ1) is 18.3. The largest absolute Gasteiger partial charge is 0.410 e. The summed E-state index contributed by atoms with van der Waals surface area (Å²) in [7, 11) is 0. The highest BCUT2D eigenvalue weighted by Gasteiger charge is 2.16. The van der Waals surface area contributed by atoms with Crippen LogP contribution in [0.3, 0.4) is 0 Å². The molecule has 9 heteroatoms. The van der Waals surface area contributed by atoms with Crippen molar-refractivity contribution in [2.24, 2.45) is 0 Å². The summed E-state index contributed by atoms with van der Waals surface area (Å²) in [5.74, 6) is 0.386. The molecule has 0 saturated heterocycles. The molecule has 26 heavy (non-hydrogen) atoms. The van der Waals surface area contributed by atoms with Crippen LogP contribution in [0.25, 0.3) is 10.8 Å². The molecular formula is C17H16N4O3S2. The number of Topliss-reactive ketones (excluding diaryl/α,β-unsaturated/α-hetero) is 1. The minimum absolute atomic E-state index is 0.0612. The number of nitrogens with zero attached hydrogens (tertiary/aromatic N) is 3. The van der Waals surface area contributed by atoms with Crippen LogP contribution in [0.5, 0.6) is 0 Å². The zero-order valence-electron chi connectivity index (χ0n) is 14.4. The van der Waals surface area contributed by atoms with Crippen LogP contribution in [-0.4, -0.2) is 32.6 Å². The van der Waals surface area contributed by atoms with E-state index in [0.29, 0.717) is 22.4 Å². The number of anilines is 1. The van der Waals surface area contributed by atoms with E-state index in [1.165, 1.54) is 30.0 Å². The minimum atomic E-state index is -0.154. The summed E-state index contributed by atoms with van der Waals surface area (Å²) < 4.78 is 5.62. The van der Waals surface area contributed by atoms with Gasteiger partial charge in [0.05, 0.1) is 16.5 Å². The van der Waals surface area contributed by atoms with Crippen molar-refractivity contribution in [3.8, 4) is 10.8 Å². The van der Waals surface area contributed by atoms with Gasteiger partial charge in [-0.05, 0) is 38.1 Å². The molecule has 0 saturated carbocycles. The van der Waals surface area contributed by atoms with Gasteiger partial charge in [0.25, 0.3) is 11.1 Å². The van der Waals surface area contributed by atoms with Crippen molar-refractivity contribution in [1.82, 2.24) is 15.2 Å². The molecule has 1 amide bonds. The molecule has 0 aliphatic rings. The molecule has 1 aromatic carbocycles. The average molecular weight is 388 g/mol. The fraction of sp³-hybridized carbons (Fsp3) is 0.235. The van der Waals surface area contributed by atoms with Gasteiger partial charge in [0.15, 0.2) is 5.78 Å². The van der Waals surface area contributed by atoms with Crippen molar-refractivity contribution >= 4 is 40.5 Å². The Morgan fingerprint density at radius 3 is 2.54 bits per heavy atom. The Labute approximate surface area is 158 Å². The molecule has 134 valence electrons. The first-order valence-corrected chi connectivity index (χ1v) is 9.54. The van der Waals surface area contributed by atoms with E-state index in [4.69, 9.17) is 4.42 Å². The van der Waals surface area contributed by atoms with Gasteiger partial charge in [-0.15, -0.1) is 21.5 Å². The number of thioether (sulfide) groups is 1. The van der Waals surface area contributed by atoms with Gasteiger partial charge in [-0.1, -0.05) is 11.8 Å². The highest BCUT2D eigenvalue weighted by Crippen LogP contribution is 2.30. The van der Waals surface area contributed by atoms with Gasteiger partial charge in [-0.2, -0.15) is 0 Å². The fourth-order valence-electron chi connectivity index (χ4n) is 2.24. The van der Waals surface area contributed by atoms with Crippen LogP contribution in [0.4, 0.5) is 5.69 Å². The summed E-state index contributed by atoms with van der Waals surface area (Å²) in [6.07, 6.45) is 0. The second kappa shape index (κ2) is 7.79. The number of hydrogen-bond donors (Lipinski definition) is 1. The lowest BCUT2D eigenvalue weighted by molar-refractivity contribution is -0.114. The SMILES string of the molecule is CC(=O)Nc1ccc(C(=O)CSc2nnc(-c3sc(C)nc3C)o2)cc1. The molecular weight excluding hydrogens is 372 g/mol. The third-order valence-electron chi connectivity index (χ3n) is 3.36. The van der Waals surface area contributed by atoms with Gasteiger partial charge in [-0.25, -0.2) is 4.98 Å². The molecule has 0 bridgehead atoms. The number of benzene rings is 1. The number of carbonyl (C=O) groups excluding carboxylic acids is 2. The Balaban J connectivity index is 1.61. The smallest absolute Gasteiger partial charge is 0.277 e. The Hall–Kier alpha value is -2.52. The number of ketones is 1.